The molecule has 0 unspecified atom stereocenters. The molecular weight excluding hydrogens is 356 g/mol. The molecule has 1 atom stereocenters. The summed E-state index contributed by atoms with van der Waals surface area (Å²) in [5, 5.41) is 3.25. The minimum atomic E-state index is -0.455. The van der Waals surface area contributed by atoms with Crippen molar-refractivity contribution in [3.63, 3.8) is 0 Å². The molecule has 0 aliphatic carbocycles. The van der Waals surface area contributed by atoms with E-state index in [1.165, 1.54) is 6.92 Å². The van der Waals surface area contributed by atoms with E-state index in [0.29, 0.717) is 36.0 Å². The highest BCUT2D eigenvalue weighted by Gasteiger charge is 2.29. The summed E-state index contributed by atoms with van der Waals surface area (Å²) in [7, 11) is 1.55. The van der Waals surface area contributed by atoms with E-state index in [0.717, 1.165) is 18.4 Å². The Morgan fingerprint density at radius 3 is 2.81 bits per heavy atom. The summed E-state index contributed by atoms with van der Waals surface area (Å²) < 4.78 is 10.9. The molecule has 0 aromatic heterocycles. The summed E-state index contributed by atoms with van der Waals surface area (Å²) in [6.45, 7) is 6.21. The summed E-state index contributed by atoms with van der Waals surface area (Å²) in [4.78, 5) is 26.1. The number of carbonyl (C=O) groups excluding carboxylic acids is 2. The molecule has 26 heavy (non-hydrogen) atoms. The van der Waals surface area contributed by atoms with Gasteiger partial charge in [0.05, 0.1) is 7.11 Å². The van der Waals surface area contributed by atoms with Crippen LogP contribution in [0.1, 0.15) is 31.7 Å². The smallest absolute Gasteiger partial charge is 0.242 e. The van der Waals surface area contributed by atoms with Gasteiger partial charge < -0.3 is 19.7 Å². The Bertz CT molecular complexity index is 678. The SMILES string of the molecule is C=C(Cl)COc1cc(CN(C(C)=O)[C@H]2CCCCNC2=O)ccc1OC. The minimum Gasteiger partial charge on any atom is -0.493 e. The number of ether oxygens (including phenoxy) is 2. The average molecular weight is 381 g/mol. The molecule has 7 heteroatoms. The molecule has 1 aliphatic rings. The Balaban J connectivity index is 2.22. The summed E-state index contributed by atoms with van der Waals surface area (Å²) in [5.74, 6) is 0.842. The van der Waals surface area contributed by atoms with Crippen LogP contribution < -0.4 is 14.8 Å². The third-order valence-electron chi connectivity index (χ3n) is 4.25. The monoisotopic (exact) mass is 380 g/mol. The number of hydrogen-bond acceptors (Lipinski definition) is 4. The third kappa shape index (κ3) is 5.39. The van der Waals surface area contributed by atoms with Gasteiger partial charge in [-0.1, -0.05) is 24.2 Å². The first-order valence-electron chi connectivity index (χ1n) is 8.60. The molecule has 0 spiro atoms. The van der Waals surface area contributed by atoms with E-state index in [4.69, 9.17) is 21.1 Å². The minimum absolute atomic E-state index is 0.0962. The highest BCUT2D eigenvalue weighted by Crippen LogP contribution is 2.29. The lowest BCUT2D eigenvalue weighted by Gasteiger charge is -2.29. The van der Waals surface area contributed by atoms with E-state index >= 15 is 0 Å². The lowest BCUT2D eigenvalue weighted by Crippen LogP contribution is -2.47. The van der Waals surface area contributed by atoms with Crippen LogP contribution in [0.3, 0.4) is 0 Å². The van der Waals surface area contributed by atoms with E-state index in [1.54, 1.807) is 24.1 Å². The molecule has 6 nitrogen and oxygen atoms in total. The molecule has 1 N–H and O–H groups in total. The fraction of sp³-hybridized carbons (Fsp3) is 0.474. The second kappa shape index (κ2) is 9.48. The van der Waals surface area contributed by atoms with Crippen molar-refractivity contribution in [3.05, 3.63) is 35.4 Å². The normalized spacial score (nSPS) is 17.0. The number of benzene rings is 1. The second-order valence-electron chi connectivity index (χ2n) is 6.24. The molecule has 1 aromatic carbocycles. The van der Waals surface area contributed by atoms with Gasteiger partial charge in [0, 0.05) is 25.0 Å². The molecule has 2 rings (SSSR count). The Kier molecular flexibility index (Phi) is 7.33. The molecule has 1 saturated heterocycles. The molecule has 1 aromatic rings. The summed E-state index contributed by atoms with van der Waals surface area (Å²) in [6.07, 6.45) is 2.50. The van der Waals surface area contributed by atoms with Gasteiger partial charge >= 0.3 is 0 Å². The van der Waals surface area contributed by atoms with Gasteiger partial charge in [-0.2, -0.15) is 0 Å². The lowest BCUT2D eigenvalue weighted by molar-refractivity contribution is -0.139. The Morgan fingerprint density at radius 2 is 2.15 bits per heavy atom. The zero-order valence-electron chi connectivity index (χ0n) is 15.2. The predicted molar refractivity (Wildman–Crippen MR) is 100 cm³/mol. The fourth-order valence-corrected chi connectivity index (χ4v) is 3.00. The zero-order chi connectivity index (χ0) is 19.1. The number of rotatable bonds is 7. The number of carbonyl (C=O) groups is 2. The first-order valence-corrected chi connectivity index (χ1v) is 8.98. The quantitative estimate of drug-likeness (QED) is 0.789. The predicted octanol–water partition coefficient (Wildman–Crippen LogP) is 2.84. The summed E-state index contributed by atoms with van der Waals surface area (Å²) in [5.41, 5.74) is 0.841. The van der Waals surface area contributed by atoms with Crippen molar-refractivity contribution in [2.24, 2.45) is 0 Å². The van der Waals surface area contributed by atoms with Crippen molar-refractivity contribution in [1.82, 2.24) is 10.2 Å². The first-order chi connectivity index (χ1) is 12.4. The zero-order valence-corrected chi connectivity index (χ0v) is 16.0. The Hall–Kier alpha value is -2.21. The van der Waals surface area contributed by atoms with Gasteiger partial charge in [-0.15, -0.1) is 0 Å². The Labute approximate surface area is 159 Å². The van der Waals surface area contributed by atoms with Crippen LogP contribution in [0.4, 0.5) is 0 Å². The van der Waals surface area contributed by atoms with Crippen LogP contribution in [0.15, 0.2) is 29.8 Å². The Morgan fingerprint density at radius 1 is 1.38 bits per heavy atom. The van der Waals surface area contributed by atoms with Crippen molar-refractivity contribution in [1.29, 1.82) is 0 Å². The number of amides is 2. The van der Waals surface area contributed by atoms with Crippen molar-refractivity contribution in [2.45, 2.75) is 38.8 Å². The number of hydrogen-bond donors (Lipinski definition) is 1. The van der Waals surface area contributed by atoms with Gasteiger partial charge in [0.15, 0.2) is 11.5 Å². The molecule has 0 bridgehead atoms. The largest absolute Gasteiger partial charge is 0.493 e. The van der Waals surface area contributed by atoms with Crippen LogP contribution in [0.2, 0.25) is 0 Å². The van der Waals surface area contributed by atoms with Crippen LogP contribution in [0, 0.1) is 0 Å². The van der Waals surface area contributed by atoms with Crippen molar-refractivity contribution in [2.75, 3.05) is 20.3 Å². The van der Waals surface area contributed by atoms with Crippen LogP contribution in [0.5, 0.6) is 11.5 Å². The van der Waals surface area contributed by atoms with E-state index in [9.17, 15) is 9.59 Å². The standard InChI is InChI=1S/C19H25ClN2O4/c1-13(20)12-26-18-10-15(7-8-17(18)25-3)11-22(14(2)23)16-6-4-5-9-21-19(16)24/h7-8,10,16H,1,4-6,9,11-12H2,2-3H3,(H,21,24)/t16-/m0/s1. The number of nitrogens with zero attached hydrogens (tertiary/aromatic N) is 1. The third-order valence-corrected chi connectivity index (χ3v) is 4.36. The van der Waals surface area contributed by atoms with E-state index in [1.807, 2.05) is 6.07 Å². The van der Waals surface area contributed by atoms with Crippen LogP contribution in [0.25, 0.3) is 0 Å². The topological polar surface area (TPSA) is 67.9 Å². The lowest BCUT2D eigenvalue weighted by atomic mass is 10.1. The highest BCUT2D eigenvalue weighted by molar-refractivity contribution is 6.29. The molecule has 1 aliphatic heterocycles. The average Bonchev–Trinajstić information content (AvgIpc) is 2.82. The van der Waals surface area contributed by atoms with Crippen molar-refractivity contribution >= 4 is 23.4 Å². The van der Waals surface area contributed by atoms with Gasteiger partial charge in [-0.3, -0.25) is 9.59 Å². The highest BCUT2D eigenvalue weighted by atomic mass is 35.5. The van der Waals surface area contributed by atoms with Gasteiger partial charge in [-0.05, 0) is 37.0 Å². The molecule has 142 valence electrons. The van der Waals surface area contributed by atoms with E-state index in [2.05, 4.69) is 11.9 Å². The maximum atomic E-state index is 12.3. The van der Waals surface area contributed by atoms with E-state index in [-0.39, 0.29) is 18.4 Å². The number of methoxy groups -OCH3 is 1. The molecule has 1 fully saturated rings. The van der Waals surface area contributed by atoms with Crippen LogP contribution >= 0.6 is 11.6 Å². The maximum absolute atomic E-state index is 12.3. The summed E-state index contributed by atoms with van der Waals surface area (Å²) in [6, 6.07) is 4.96. The molecular formula is C19H25ClN2O4. The molecule has 2 amide bonds. The van der Waals surface area contributed by atoms with Gasteiger partial charge in [0.2, 0.25) is 11.8 Å². The molecule has 0 saturated carbocycles. The van der Waals surface area contributed by atoms with E-state index < -0.39 is 6.04 Å². The fourth-order valence-electron chi connectivity index (χ4n) is 2.95. The van der Waals surface area contributed by atoms with Crippen LogP contribution in [-0.2, 0) is 16.1 Å². The number of halogens is 1. The second-order valence-corrected chi connectivity index (χ2v) is 6.78. The number of nitrogens with one attached hydrogen (secondary N) is 1. The van der Waals surface area contributed by atoms with Gasteiger partial charge in [0.25, 0.3) is 0 Å². The maximum Gasteiger partial charge on any atom is 0.242 e. The van der Waals surface area contributed by atoms with Crippen molar-refractivity contribution in [3.8, 4) is 11.5 Å². The molecule has 0 radical (unpaired) electrons. The van der Waals surface area contributed by atoms with Crippen molar-refractivity contribution < 1.29 is 19.1 Å². The first kappa shape index (κ1) is 20.1. The van der Waals surface area contributed by atoms with Crippen LogP contribution in [-0.4, -0.2) is 43.0 Å². The van der Waals surface area contributed by atoms with Gasteiger partial charge in [0.1, 0.15) is 12.6 Å². The summed E-state index contributed by atoms with van der Waals surface area (Å²) >= 11 is 5.76. The molecule has 1 heterocycles. The van der Waals surface area contributed by atoms with Gasteiger partial charge in [-0.25, -0.2) is 0 Å².